The second-order valence-electron chi connectivity index (χ2n) is 6.15. The van der Waals surface area contributed by atoms with E-state index in [9.17, 15) is 14.7 Å². The summed E-state index contributed by atoms with van der Waals surface area (Å²) in [6.45, 7) is 8.96. The smallest absolute Gasteiger partial charge is 0.316 e. The van der Waals surface area contributed by atoms with Crippen LogP contribution in [-0.4, -0.2) is 47.7 Å². The fraction of sp³-hybridized carbons (Fsp3) is 0.857. The molecular weight excluding hydrogens is 246 g/mol. The lowest BCUT2D eigenvalue weighted by molar-refractivity contribution is -0.156. The van der Waals surface area contributed by atoms with Crippen molar-refractivity contribution in [2.45, 2.75) is 46.6 Å². The van der Waals surface area contributed by atoms with Crippen LogP contribution >= 0.6 is 0 Å². The lowest BCUT2D eigenvalue weighted by atomic mass is 9.79. The predicted octanol–water partition coefficient (Wildman–Crippen LogP) is 1.76. The normalized spacial score (nSPS) is 21.2. The molecule has 0 bridgehead atoms. The number of carboxylic acid groups (broad SMARTS) is 1. The molecule has 1 saturated heterocycles. The van der Waals surface area contributed by atoms with Gasteiger partial charge in [0, 0.05) is 19.7 Å². The van der Waals surface area contributed by atoms with Gasteiger partial charge in [-0.3, -0.25) is 9.59 Å². The van der Waals surface area contributed by atoms with E-state index in [1.807, 2.05) is 6.92 Å². The average molecular weight is 271 g/mol. The fourth-order valence-electron chi connectivity index (χ4n) is 2.44. The van der Waals surface area contributed by atoms with Gasteiger partial charge >= 0.3 is 5.97 Å². The van der Waals surface area contributed by atoms with Gasteiger partial charge in [-0.2, -0.15) is 0 Å². The molecule has 1 fully saturated rings. The molecule has 0 aromatic heterocycles. The molecule has 2 unspecified atom stereocenters. The number of ether oxygens (including phenoxy) is 1. The fourth-order valence-corrected chi connectivity index (χ4v) is 2.44. The van der Waals surface area contributed by atoms with Crippen LogP contribution in [-0.2, 0) is 14.3 Å². The Kier molecular flexibility index (Phi) is 5.35. The van der Waals surface area contributed by atoms with E-state index in [1.165, 1.54) is 0 Å². The Morgan fingerprint density at radius 1 is 1.42 bits per heavy atom. The SMILES string of the molecule is CCN(CC1CCCO1)C(=O)C(C(=O)O)C(C)(C)C. The van der Waals surface area contributed by atoms with E-state index in [2.05, 4.69) is 0 Å². The molecule has 1 heterocycles. The summed E-state index contributed by atoms with van der Waals surface area (Å²) in [5, 5.41) is 9.31. The van der Waals surface area contributed by atoms with E-state index in [1.54, 1.807) is 25.7 Å². The van der Waals surface area contributed by atoms with Crippen LogP contribution in [0, 0.1) is 11.3 Å². The first kappa shape index (κ1) is 16.0. The lowest BCUT2D eigenvalue weighted by Gasteiger charge is -2.32. The largest absolute Gasteiger partial charge is 0.481 e. The van der Waals surface area contributed by atoms with Crippen LogP contribution < -0.4 is 0 Å². The molecule has 5 nitrogen and oxygen atoms in total. The van der Waals surface area contributed by atoms with Gasteiger partial charge in [0.25, 0.3) is 0 Å². The molecule has 110 valence electrons. The molecular formula is C14H25NO4. The number of carbonyl (C=O) groups is 2. The highest BCUT2D eigenvalue weighted by Crippen LogP contribution is 2.28. The van der Waals surface area contributed by atoms with Gasteiger partial charge in [0.15, 0.2) is 0 Å². The van der Waals surface area contributed by atoms with E-state index in [-0.39, 0.29) is 12.0 Å². The number of rotatable bonds is 5. The first-order chi connectivity index (χ1) is 8.77. The molecule has 1 aliphatic rings. The molecule has 1 amide bonds. The van der Waals surface area contributed by atoms with Gasteiger partial charge in [0.1, 0.15) is 5.92 Å². The first-order valence-electron chi connectivity index (χ1n) is 6.90. The zero-order chi connectivity index (χ0) is 14.6. The topological polar surface area (TPSA) is 66.8 Å². The highest BCUT2D eigenvalue weighted by Gasteiger charge is 2.40. The minimum atomic E-state index is -1.05. The van der Waals surface area contributed by atoms with Crippen molar-refractivity contribution < 1.29 is 19.4 Å². The van der Waals surface area contributed by atoms with Crippen LogP contribution in [0.1, 0.15) is 40.5 Å². The third-order valence-corrected chi connectivity index (χ3v) is 3.50. The van der Waals surface area contributed by atoms with Crippen LogP contribution in [0.15, 0.2) is 0 Å². The van der Waals surface area contributed by atoms with Crippen molar-refractivity contribution in [2.24, 2.45) is 11.3 Å². The monoisotopic (exact) mass is 271 g/mol. The van der Waals surface area contributed by atoms with Crippen molar-refractivity contribution in [3.05, 3.63) is 0 Å². The van der Waals surface area contributed by atoms with E-state index >= 15 is 0 Å². The van der Waals surface area contributed by atoms with Gasteiger partial charge in [-0.05, 0) is 25.2 Å². The Balaban J connectivity index is 2.77. The molecule has 1 N–H and O–H groups in total. The van der Waals surface area contributed by atoms with Gasteiger partial charge in [0.2, 0.25) is 5.91 Å². The van der Waals surface area contributed by atoms with Crippen LogP contribution in [0.2, 0.25) is 0 Å². The van der Waals surface area contributed by atoms with Gasteiger partial charge in [-0.25, -0.2) is 0 Å². The maximum absolute atomic E-state index is 12.4. The molecule has 0 aromatic rings. The second-order valence-corrected chi connectivity index (χ2v) is 6.15. The van der Waals surface area contributed by atoms with Crippen molar-refractivity contribution in [3.8, 4) is 0 Å². The Hall–Kier alpha value is -1.10. The molecule has 2 atom stereocenters. The molecule has 1 aliphatic heterocycles. The number of hydrogen-bond donors (Lipinski definition) is 1. The van der Waals surface area contributed by atoms with Crippen molar-refractivity contribution >= 4 is 11.9 Å². The molecule has 0 aliphatic carbocycles. The van der Waals surface area contributed by atoms with Gasteiger partial charge in [0.05, 0.1) is 6.10 Å². The molecule has 19 heavy (non-hydrogen) atoms. The average Bonchev–Trinajstić information content (AvgIpc) is 2.75. The van der Waals surface area contributed by atoms with E-state index in [0.29, 0.717) is 13.1 Å². The summed E-state index contributed by atoms with van der Waals surface area (Å²) in [7, 11) is 0. The van der Waals surface area contributed by atoms with Gasteiger partial charge in [-0.15, -0.1) is 0 Å². The van der Waals surface area contributed by atoms with Crippen molar-refractivity contribution in [1.29, 1.82) is 0 Å². The molecule has 1 rings (SSSR count). The summed E-state index contributed by atoms with van der Waals surface area (Å²) in [6.07, 6.45) is 2.01. The highest BCUT2D eigenvalue weighted by atomic mass is 16.5. The van der Waals surface area contributed by atoms with Crippen molar-refractivity contribution in [3.63, 3.8) is 0 Å². The number of carbonyl (C=O) groups excluding carboxylic acids is 1. The summed E-state index contributed by atoms with van der Waals surface area (Å²) in [6, 6.07) is 0. The predicted molar refractivity (Wildman–Crippen MR) is 71.8 cm³/mol. The summed E-state index contributed by atoms with van der Waals surface area (Å²) in [4.78, 5) is 25.4. The molecule has 0 saturated carbocycles. The maximum Gasteiger partial charge on any atom is 0.316 e. The zero-order valence-corrected chi connectivity index (χ0v) is 12.3. The third-order valence-electron chi connectivity index (χ3n) is 3.50. The number of likely N-dealkylation sites (N-methyl/N-ethyl adjacent to an activating group) is 1. The minimum absolute atomic E-state index is 0.0540. The minimum Gasteiger partial charge on any atom is -0.481 e. The summed E-state index contributed by atoms with van der Waals surface area (Å²) in [5.74, 6) is -2.37. The van der Waals surface area contributed by atoms with Gasteiger partial charge in [-0.1, -0.05) is 20.8 Å². The van der Waals surface area contributed by atoms with E-state index < -0.39 is 17.3 Å². The quantitative estimate of drug-likeness (QED) is 0.774. The Morgan fingerprint density at radius 3 is 2.42 bits per heavy atom. The Labute approximate surface area is 114 Å². The van der Waals surface area contributed by atoms with E-state index in [0.717, 1.165) is 19.4 Å². The number of nitrogens with zero attached hydrogens (tertiary/aromatic N) is 1. The molecule has 0 aromatic carbocycles. The number of hydrogen-bond acceptors (Lipinski definition) is 3. The summed E-state index contributed by atoms with van der Waals surface area (Å²) >= 11 is 0. The molecule has 0 radical (unpaired) electrons. The van der Waals surface area contributed by atoms with Crippen molar-refractivity contribution in [2.75, 3.05) is 19.7 Å². The maximum atomic E-state index is 12.4. The van der Waals surface area contributed by atoms with Gasteiger partial charge < -0.3 is 14.7 Å². The Bertz CT molecular complexity index is 329. The standard InChI is InChI=1S/C14H25NO4/c1-5-15(9-10-7-6-8-19-10)12(16)11(13(17)18)14(2,3)4/h10-11H,5-9H2,1-4H3,(H,17,18). The number of aliphatic carboxylic acids is 1. The lowest BCUT2D eigenvalue weighted by Crippen LogP contribution is -2.47. The Morgan fingerprint density at radius 2 is 2.05 bits per heavy atom. The summed E-state index contributed by atoms with van der Waals surface area (Å²) in [5.41, 5.74) is -0.590. The number of carboxylic acids is 1. The zero-order valence-electron chi connectivity index (χ0n) is 12.3. The second kappa shape index (κ2) is 6.37. The van der Waals surface area contributed by atoms with Crippen LogP contribution in [0.4, 0.5) is 0 Å². The molecule has 5 heteroatoms. The van der Waals surface area contributed by atoms with E-state index in [4.69, 9.17) is 4.74 Å². The summed E-state index contributed by atoms with van der Waals surface area (Å²) < 4.78 is 5.52. The van der Waals surface area contributed by atoms with Crippen LogP contribution in [0.5, 0.6) is 0 Å². The number of amides is 1. The van der Waals surface area contributed by atoms with Crippen molar-refractivity contribution in [1.82, 2.24) is 4.90 Å². The first-order valence-corrected chi connectivity index (χ1v) is 6.90. The third kappa shape index (κ3) is 4.20. The van der Waals surface area contributed by atoms with Crippen LogP contribution in [0.25, 0.3) is 0 Å². The molecule has 0 spiro atoms. The van der Waals surface area contributed by atoms with Crippen LogP contribution in [0.3, 0.4) is 0 Å². The highest BCUT2D eigenvalue weighted by molar-refractivity contribution is 5.97.